The highest BCUT2D eigenvalue weighted by atomic mass is 16.3. The van der Waals surface area contributed by atoms with E-state index in [0.29, 0.717) is 6.54 Å². The van der Waals surface area contributed by atoms with Crippen LogP contribution in [0.15, 0.2) is 24.3 Å². The fourth-order valence-electron chi connectivity index (χ4n) is 4.78. The van der Waals surface area contributed by atoms with E-state index in [4.69, 9.17) is 0 Å². The Morgan fingerprint density at radius 3 is 2.28 bits per heavy atom. The number of nitrogens with zero attached hydrogens (tertiary/aromatic N) is 1. The highest BCUT2D eigenvalue weighted by Gasteiger charge is 2.21. The maximum absolute atomic E-state index is 11.3. The third kappa shape index (κ3) is 5.73. The number of hydrogen-bond donors (Lipinski definition) is 2. The summed E-state index contributed by atoms with van der Waals surface area (Å²) in [5.41, 5.74) is 3.81. The molecule has 1 atom stereocenters. The quantitative estimate of drug-likeness (QED) is 0.448. The van der Waals surface area contributed by atoms with Crippen molar-refractivity contribution in [3.63, 3.8) is 0 Å². The zero-order valence-electron chi connectivity index (χ0n) is 18.4. The summed E-state index contributed by atoms with van der Waals surface area (Å²) < 4.78 is 0. The van der Waals surface area contributed by atoms with E-state index in [1.165, 1.54) is 67.9 Å². The summed E-state index contributed by atoms with van der Waals surface area (Å²) in [4.78, 5) is 2.45. The van der Waals surface area contributed by atoms with Gasteiger partial charge in [0.15, 0.2) is 0 Å². The number of aromatic hydroxyl groups is 1. The van der Waals surface area contributed by atoms with Crippen molar-refractivity contribution in [2.75, 3.05) is 19.6 Å². The first-order valence-electron chi connectivity index (χ1n) is 11.8. The fourth-order valence-corrected chi connectivity index (χ4v) is 4.78. The van der Waals surface area contributed by atoms with Gasteiger partial charge in [0.25, 0.3) is 0 Å². The summed E-state index contributed by atoms with van der Waals surface area (Å²) in [6.45, 7) is 7.27. The predicted octanol–water partition coefficient (Wildman–Crippen LogP) is 6.14. The van der Waals surface area contributed by atoms with E-state index >= 15 is 0 Å². The topological polar surface area (TPSA) is 43.7 Å². The summed E-state index contributed by atoms with van der Waals surface area (Å²) >= 11 is 0. The molecular formula is C26H39NO2. The molecule has 0 fully saturated rings. The molecule has 2 aromatic rings. The third-order valence-electron chi connectivity index (χ3n) is 6.43. The van der Waals surface area contributed by atoms with Gasteiger partial charge in [-0.25, -0.2) is 0 Å². The van der Waals surface area contributed by atoms with Crippen molar-refractivity contribution in [3.05, 3.63) is 41.0 Å². The Balaban J connectivity index is 1.85. The molecule has 0 saturated heterocycles. The SMILES string of the molecule is CCCCCN(CCCCC)CC(O)c1cc2c(c3ccc(O)cc13)CCCC2. The zero-order valence-corrected chi connectivity index (χ0v) is 18.4. The fraction of sp³-hybridized carbons (Fsp3) is 0.615. The smallest absolute Gasteiger partial charge is 0.116 e. The molecule has 0 radical (unpaired) electrons. The van der Waals surface area contributed by atoms with Gasteiger partial charge in [0, 0.05) is 6.54 Å². The molecule has 0 saturated carbocycles. The van der Waals surface area contributed by atoms with Crippen LogP contribution in [0.5, 0.6) is 5.75 Å². The van der Waals surface area contributed by atoms with Crippen LogP contribution in [0.4, 0.5) is 0 Å². The van der Waals surface area contributed by atoms with Gasteiger partial charge in [0.1, 0.15) is 5.75 Å². The Kier molecular flexibility index (Phi) is 8.38. The van der Waals surface area contributed by atoms with E-state index in [9.17, 15) is 10.2 Å². The molecule has 1 aliphatic carbocycles. The van der Waals surface area contributed by atoms with Gasteiger partial charge in [0.05, 0.1) is 6.10 Å². The highest BCUT2D eigenvalue weighted by molar-refractivity contribution is 5.91. The van der Waals surface area contributed by atoms with Crippen LogP contribution in [0.2, 0.25) is 0 Å². The number of phenolic OH excluding ortho intramolecular Hbond substituents is 1. The van der Waals surface area contributed by atoms with Gasteiger partial charge >= 0.3 is 0 Å². The lowest BCUT2D eigenvalue weighted by Gasteiger charge is -2.27. The minimum absolute atomic E-state index is 0.282. The summed E-state index contributed by atoms with van der Waals surface area (Å²) in [5.74, 6) is 0.282. The van der Waals surface area contributed by atoms with Crippen LogP contribution in [0, 0.1) is 0 Å². The average Bonchev–Trinajstić information content (AvgIpc) is 2.73. The standard InChI is InChI=1S/C26H39NO2/c1-3-5-9-15-27(16-10-6-4-2)19-26(29)25-17-20-11-7-8-12-22(20)23-14-13-21(28)18-24(23)25/h13-14,17-18,26,28-29H,3-12,15-16,19H2,1-2H3. The number of rotatable bonds is 11. The molecule has 3 nitrogen and oxygen atoms in total. The summed E-state index contributed by atoms with van der Waals surface area (Å²) in [7, 11) is 0. The number of fused-ring (bicyclic) bond motifs is 3. The Labute approximate surface area is 176 Å². The van der Waals surface area contributed by atoms with Crippen LogP contribution >= 0.6 is 0 Å². The number of aliphatic hydroxyl groups excluding tert-OH is 1. The Hall–Kier alpha value is -1.58. The lowest BCUT2D eigenvalue weighted by atomic mass is 9.84. The molecule has 0 aromatic heterocycles. The number of benzene rings is 2. The maximum Gasteiger partial charge on any atom is 0.116 e. The molecule has 0 heterocycles. The molecule has 29 heavy (non-hydrogen) atoms. The molecule has 2 aromatic carbocycles. The Bertz CT molecular complexity index is 776. The number of hydrogen-bond acceptors (Lipinski definition) is 3. The first-order chi connectivity index (χ1) is 14.1. The molecule has 3 rings (SSSR count). The second-order valence-corrected chi connectivity index (χ2v) is 8.77. The normalized spacial score (nSPS) is 15.0. The van der Waals surface area contributed by atoms with Crippen molar-refractivity contribution in [2.45, 2.75) is 84.2 Å². The van der Waals surface area contributed by atoms with Gasteiger partial charge < -0.3 is 15.1 Å². The molecule has 160 valence electrons. The second kappa shape index (κ2) is 11.0. The minimum Gasteiger partial charge on any atom is -0.508 e. The van der Waals surface area contributed by atoms with Crippen molar-refractivity contribution in [3.8, 4) is 5.75 Å². The van der Waals surface area contributed by atoms with Gasteiger partial charge in [-0.05, 0) is 91.2 Å². The first-order valence-corrected chi connectivity index (χ1v) is 11.8. The molecule has 2 N–H and O–H groups in total. The van der Waals surface area contributed by atoms with Crippen LogP contribution in [0.1, 0.15) is 88.0 Å². The van der Waals surface area contributed by atoms with Gasteiger partial charge in [-0.3, -0.25) is 0 Å². The molecular weight excluding hydrogens is 358 g/mol. The minimum atomic E-state index is -0.519. The van der Waals surface area contributed by atoms with E-state index in [-0.39, 0.29) is 5.75 Å². The van der Waals surface area contributed by atoms with Crippen molar-refractivity contribution >= 4 is 10.8 Å². The zero-order chi connectivity index (χ0) is 20.6. The monoisotopic (exact) mass is 397 g/mol. The number of unbranched alkanes of at least 4 members (excludes halogenated alkanes) is 4. The number of aliphatic hydroxyl groups is 1. The van der Waals surface area contributed by atoms with Crippen molar-refractivity contribution in [1.82, 2.24) is 4.90 Å². The average molecular weight is 398 g/mol. The van der Waals surface area contributed by atoms with E-state index in [2.05, 4.69) is 24.8 Å². The first kappa shape index (κ1) is 22.1. The summed E-state index contributed by atoms with van der Waals surface area (Å²) in [5, 5.41) is 23.6. The largest absolute Gasteiger partial charge is 0.508 e. The molecule has 1 unspecified atom stereocenters. The van der Waals surface area contributed by atoms with Gasteiger partial charge in [0.2, 0.25) is 0 Å². The van der Waals surface area contributed by atoms with Crippen molar-refractivity contribution < 1.29 is 10.2 Å². The molecule has 0 amide bonds. The summed E-state index contributed by atoms with van der Waals surface area (Å²) in [6.07, 6.45) is 11.5. The Morgan fingerprint density at radius 1 is 0.897 bits per heavy atom. The molecule has 1 aliphatic rings. The van der Waals surface area contributed by atoms with Crippen molar-refractivity contribution in [1.29, 1.82) is 0 Å². The van der Waals surface area contributed by atoms with Crippen LogP contribution in [0.3, 0.4) is 0 Å². The molecule has 0 bridgehead atoms. The highest BCUT2D eigenvalue weighted by Crippen LogP contribution is 2.36. The summed E-state index contributed by atoms with van der Waals surface area (Å²) in [6, 6.07) is 7.92. The van der Waals surface area contributed by atoms with E-state index < -0.39 is 6.10 Å². The van der Waals surface area contributed by atoms with Gasteiger partial charge in [-0.1, -0.05) is 51.7 Å². The molecule has 3 heteroatoms. The van der Waals surface area contributed by atoms with Crippen molar-refractivity contribution in [2.24, 2.45) is 0 Å². The predicted molar refractivity (Wildman–Crippen MR) is 123 cm³/mol. The van der Waals surface area contributed by atoms with Crippen LogP contribution in [-0.4, -0.2) is 34.7 Å². The third-order valence-corrected chi connectivity index (χ3v) is 6.43. The molecule has 0 aliphatic heterocycles. The van der Waals surface area contributed by atoms with E-state index in [1.54, 1.807) is 6.07 Å². The van der Waals surface area contributed by atoms with E-state index in [0.717, 1.165) is 36.9 Å². The van der Waals surface area contributed by atoms with Crippen LogP contribution < -0.4 is 0 Å². The number of phenols is 1. The van der Waals surface area contributed by atoms with Crippen LogP contribution in [-0.2, 0) is 12.8 Å². The van der Waals surface area contributed by atoms with E-state index in [1.807, 2.05) is 12.1 Å². The maximum atomic E-state index is 11.3. The number of aryl methyl sites for hydroxylation is 2. The lowest BCUT2D eigenvalue weighted by Crippen LogP contribution is -2.31. The second-order valence-electron chi connectivity index (χ2n) is 8.77. The van der Waals surface area contributed by atoms with Gasteiger partial charge in [-0.15, -0.1) is 0 Å². The molecule has 0 spiro atoms. The Morgan fingerprint density at radius 2 is 1.59 bits per heavy atom. The van der Waals surface area contributed by atoms with Gasteiger partial charge in [-0.2, -0.15) is 0 Å². The lowest BCUT2D eigenvalue weighted by molar-refractivity contribution is 0.111. The van der Waals surface area contributed by atoms with Crippen LogP contribution in [0.25, 0.3) is 10.8 Å².